The fourth-order valence-electron chi connectivity index (χ4n) is 3.29. The number of ketones is 1. The van der Waals surface area contributed by atoms with Gasteiger partial charge in [0.05, 0.1) is 11.3 Å². The molecule has 0 aromatic heterocycles. The normalized spacial score (nSPS) is 14.0. The Labute approximate surface area is 162 Å². The SMILES string of the molecule is COCOc1ccc(N2CCCCC2)c(F)c1C(=O)c1ccc(C(=O)O)cc1. The van der Waals surface area contributed by atoms with E-state index < -0.39 is 17.6 Å². The number of nitrogens with zero attached hydrogens (tertiary/aromatic N) is 1. The van der Waals surface area contributed by atoms with Crippen LogP contribution in [0.15, 0.2) is 36.4 Å². The number of methoxy groups -OCH3 is 1. The molecule has 2 aromatic carbocycles. The Morgan fingerprint density at radius 2 is 1.68 bits per heavy atom. The molecule has 1 saturated heterocycles. The fraction of sp³-hybridized carbons (Fsp3) is 0.333. The smallest absolute Gasteiger partial charge is 0.335 e. The number of anilines is 1. The summed E-state index contributed by atoms with van der Waals surface area (Å²) in [4.78, 5) is 26.0. The monoisotopic (exact) mass is 387 g/mol. The van der Waals surface area contributed by atoms with Crippen LogP contribution >= 0.6 is 0 Å². The van der Waals surface area contributed by atoms with Crippen LogP contribution in [0.1, 0.15) is 45.5 Å². The largest absolute Gasteiger partial charge is 0.478 e. The van der Waals surface area contributed by atoms with E-state index in [1.165, 1.54) is 31.4 Å². The van der Waals surface area contributed by atoms with Crippen molar-refractivity contribution >= 4 is 17.4 Å². The minimum absolute atomic E-state index is 0.0509. The number of aromatic carboxylic acids is 1. The van der Waals surface area contributed by atoms with Gasteiger partial charge in [-0.05, 0) is 43.5 Å². The molecule has 2 aromatic rings. The first-order chi connectivity index (χ1) is 13.5. The van der Waals surface area contributed by atoms with Crippen LogP contribution in [0.25, 0.3) is 0 Å². The maximum absolute atomic E-state index is 15.4. The van der Waals surface area contributed by atoms with Gasteiger partial charge in [-0.25, -0.2) is 9.18 Å². The molecule has 0 saturated carbocycles. The van der Waals surface area contributed by atoms with E-state index in [2.05, 4.69) is 0 Å². The van der Waals surface area contributed by atoms with E-state index in [-0.39, 0.29) is 29.2 Å². The Balaban J connectivity index is 2.01. The van der Waals surface area contributed by atoms with Gasteiger partial charge in [0.1, 0.15) is 11.3 Å². The molecule has 7 heteroatoms. The Bertz CT molecular complexity index is 860. The molecule has 1 aliphatic rings. The van der Waals surface area contributed by atoms with E-state index in [0.29, 0.717) is 5.69 Å². The lowest BCUT2D eigenvalue weighted by Gasteiger charge is -2.30. The number of carbonyl (C=O) groups is 2. The molecular formula is C21H22FNO5. The molecule has 0 amide bonds. The Hall–Kier alpha value is -2.93. The number of hydrogen-bond acceptors (Lipinski definition) is 5. The van der Waals surface area contributed by atoms with Gasteiger partial charge >= 0.3 is 5.97 Å². The first kappa shape index (κ1) is 19.8. The first-order valence-electron chi connectivity index (χ1n) is 9.10. The molecule has 3 rings (SSSR count). The first-order valence-corrected chi connectivity index (χ1v) is 9.10. The van der Waals surface area contributed by atoms with Crippen molar-refractivity contribution in [2.75, 3.05) is 31.9 Å². The highest BCUT2D eigenvalue weighted by Gasteiger charge is 2.25. The van der Waals surface area contributed by atoms with Crippen molar-refractivity contribution < 1.29 is 28.6 Å². The number of halogens is 1. The number of carbonyl (C=O) groups excluding carboxylic acids is 1. The number of carboxylic acids is 1. The van der Waals surface area contributed by atoms with Gasteiger partial charge in [-0.2, -0.15) is 0 Å². The Morgan fingerprint density at radius 3 is 2.29 bits per heavy atom. The summed E-state index contributed by atoms with van der Waals surface area (Å²) in [6, 6.07) is 8.58. The zero-order valence-corrected chi connectivity index (χ0v) is 15.6. The highest BCUT2D eigenvalue weighted by molar-refractivity contribution is 6.11. The zero-order chi connectivity index (χ0) is 20.1. The molecule has 1 heterocycles. The highest BCUT2D eigenvalue weighted by Crippen LogP contribution is 2.33. The average Bonchev–Trinajstić information content (AvgIpc) is 2.72. The number of hydrogen-bond donors (Lipinski definition) is 1. The molecule has 0 aliphatic carbocycles. The van der Waals surface area contributed by atoms with Crippen molar-refractivity contribution in [3.05, 3.63) is 58.9 Å². The van der Waals surface area contributed by atoms with Gasteiger partial charge in [-0.1, -0.05) is 12.1 Å². The molecule has 1 N–H and O–H groups in total. The molecule has 0 unspecified atom stereocenters. The third kappa shape index (κ3) is 4.14. The van der Waals surface area contributed by atoms with Gasteiger partial charge < -0.3 is 19.5 Å². The second-order valence-corrected chi connectivity index (χ2v) is 6.58. The summed E-state index contributed by atoms with van der Waals surface area (Å²) in [5.74, 6) is -2.21. The van der Waals surface area contributed by atoms with Crippen molar-refractivity contribution in [2.45, 2.75) is 19.3 Å². The maximum atomic E-state index is 15.4. The number of carboxylic acid groups (broad SMARTS) is 1. The summed E-state index contributed by atoms with van der Waals surface area (Å²) in [5.41, 5.74) is 0.426. The number of ether oxygens (including phenoxy) is 2. The number of piperidine rings is 1. The van der Waals surface area contributed by atoms with Crippen LogP contribution in [0.2, 0.25) is 0 Å². The van der Waals surface area contributed by atoms with E-state index in [9.17, 15) is 9.59 Å². The molecule has 0 bridgehead atoms. The molecule has 0 atom stereocenters. The third-order valence-electron chi connectivity index (χ3n) is 4.73. The number of benzene rings is 2. The highest BCUT2D eigenvalue weighted by atomic mass is 19.1. The number of rotatable bonds is 7. The second-order valence-electron chi connectivity index (χ2n) is 6.58. The molecular weight excluding hydrogens is 365 g/mol. The minimum Gasteiger partial charge on any atom is -0.478 e. The quantitative estimate of drug-likeness (QED) is 0.576. The molecule has 0 spiro atoms. The summed E-state index contributed by atoms with van der Waals surface area (Å²) in [6.07, 6.45) is 3.05. The predicted molar refractivity (Wildman–Crippen MR) is 102 cm³/mol. The van der Waals surface area contributed by atoms with Crippen molar-refractivity contribution in [3.63, 3.8) is 0 Å². The van der Waals surface area contributed by atoms with Gasteiger partial charge in [0.15, 0.2) is 18.4 Å². The molecule has 1 aliphatic heterocycles. The lowest BCUT2D eigenvalue weighted by molar-refractivity contribution is 0.0500. The standard InChI is InChI=1S/C21H22FNO5/c1-27-13-28-17-10-9-16(23-11-3-2-4-12-23)19(22)18(17)20(24)14-5-7-15(8-6-14)21(25)26/h5-10H,2-4,11-13H2,1H3,(H,25,26). The summed E-state index contributed by atoms with van der Waals surface area (Å²) in [7, 11) is 1.44. The van der Waals surface area contributed by atoms with Crippen molar-refractivity contribution in [2.24, 2.45) is 0 Å². The van der Waals surface area contributed by atoms with Crippen LogP contribution in [0, 0.1) is 5.82 Å². The van der Waals surface area contributed by atoms with E-state index >= 15 is 4.39 Å². The van der Waals surface area contributed by atoms with Gasteiger partial charge in [0.25, 0.3) is 0 Å². The van der Waals surface area contributed by atoms with E-state index in [1.807, 2.05) is 4.90 Å². The zero-order valence-electron chi connectivity index (χ0n) is 15.6. The predicted octanol–water partition coefficient (Wildman–Crippen LogP) is 3.73. The summed E-state index contributed by atoms with van der Waals surface area (Å²) in [5, 5.41) is 9.01. The third-order valence-corrected chi connectivity index (χ3v) is 4.73. The summed E-state index contributed by atoms with van der Waals surface area (Å²) < 4.78 is 25.7. The topological polar surface area (TPSA) is 76.1 Å². The molecule has 0 radical (unpaired) electrons. The Kier molecular flexibility index (Phi) is 6.26. The van der Waals surface area contributed by atoms with E-state index in [1.54, 1.807) is 12.1 Å². The van der Waals surface area contributed by atoms with Crippen LogP contribution in [-0.4, -0.2) is 43.9 Å². The molecule has 6 nitrogen and oxygen atoms in total. The van der Waals surface area contributed by atoms with Crippen molar-refractivity contribution in [1.29, 1.82) is 0 Å². The van der Waals surface area contributed by atoms with E-state index in [4.69, 9.17) is 14.6 Å². The van der Waals surface area contributed by atoms with Crippen LogP contribution in [0.3, 0.4) is 0 Å². The fourth-order valence-corrected chi connectivity index (χ4v) is 3.29. The van der Waals surface area contributed by atoms with Gasteiger partial charge in [0, 0.05) is 25.8 Å². The second kappa shape index (κ2) is 8.84. The van der Waals surface area contributed by atoms with Gasteiger partial charge in [0.2, 0.25) is 0 Å². The minimum atomic E-state index is -1.10. The Morgan fingerprint density at radius 1 is 1.04 bits per heavy atom. The molecule has 148 valence electrons. The lowest BCUT2D eigenvalue weighted by atomic mass is 9.99. The van der Waals surface area contributed by atoms with Crippen LogP contribution in [0.4, 0.5) is 10.1 Å². The maximum Gasteiger partial charge on any atom is 0.335 e. The summed E-state index contributed by atoms with van der Waals surface area (Å²) in [6.45, 7) is 1.34. The van der Waals surface area contributed by atoms with Crippen LogP contribution in [-0.2, 0) is 4.74 Å². The van der Waals surface area contributed by atoms with Crippen molar-refractivity contribution in [3.8, 4) is 5.75 Å². The molecule has 28 heavy (non-hydrogen) atoms. The average molecular weight is 387 g/mol. The van der Waals surface area contributed by atoms with Crippen LogP contribution in [0.5, 0.6) is 5.75 Å². The van der Waals surface area contributed by atoms with Gasteiger partial charge in [-0.15, -0.1) is 0 Å². The van der Waals surface area contributed by atoms with E-state index in [0.717, 1.165) is 32.4 Å². The summed E-state index contributed by atoms with van der Waals surface area (Å²) >= 11 is 0. The van der Waals surface area contributed by atoms with Crippen LogP contribution < -0.4 is 9.64 Å². The molecule has 1 fully saturated rings. The van der Waals surface area contributed by atoms with Crippen molar-refractivity contribution in [1.82, 2.24) is 0 Å². The van der Waals surface area contributed by atoms with Gasteiger partial charge in [-0.3, -0.25) is 4.79 Å². The lowest BCUT2D eigenvalue weighted by Crippen LogP contribution is -2.30.